The van der Waals surface area contributed by atoms with Crippen LogP contribution in [-0.4, -0.2) is 24.1 Å². The molecule has 0 saturated carbocycles. The van der Waals surface area contributed by atoms with Crippen LogP contribution in [0.15, 0.2) is 24.8 Å². The standard InChI is InChI=1S/C8H8ClN3O4S/c1-2-5-17(15,16)11-8-6(12(13)14)3-4-7(9)10-8/h2-4H,1,5H2,(H,10,11). The minimum atomic E-state index is -3.75. The maximum absolute atomic E-state index is 11.4. The van der Waals surface area contributed by atoms with E-state index in [0.717, 1.165) is 12.1 Å². The number of rotatable bonds is 5. The average molecular weight is 278 g/mol. The fourth-order valence-corrected chi connectivity index (χ4v) is 1.98. The Labute approximate surface area is 102 Å². The van der Waals surface area contributed by atoms with Gasteiger partial charge in [0.05, 0.1) is 10.7 Å². The topological polar surface area (TPSA) is 102 Å². The Hall–Kier alpha value is -1.67. The Morgan fingerprint density at radius 3 is 2.76 bits per heavy atom. The molecule has 0 saturated heterocycles. The van der Waals surface area contributed by atoms with Gasteiger partial charge in [-0.05, 0) is 6.07 Å². The van der Waals surface area contributed by atoms with E-state index in [-0.39, 0.29) is 10.9 Å². The smallest absolute Gasteiger partial charge is 0.261 e. The van der Waals surface area contributed by atoms with Crippen LogP contribution in [0.25, 0.3) is 0 Å². The van der Waals surface area contributed by atoms with Gasteiger partial charge in [-0.15, -0.1) is 6.58 Å². The van der Waals surface area contributed by atoms with E-state index in [0.29, 0.717) is 0 Å². The number of halogens is 1. The molecule has 0 unspecified atom stereocenters. The van der Waals surface area contributed by atoms with Gasteiger partial charge in [-0.3, -0.25) is 14.8 Å². The molecule has 1 heterocycles. The van der Waals surface area contributed by atoms with E-state index in [1.54, 1.807) is 0 Å². The van der Waals surface area contributed by atoms with Crippen molar-refractivity contribution < 1.29 is 13.3 Å². The molecule has 0 aliphatic carbocycles. The number of nitrogens with one attached hydrogen (secondary N) is 1. The number of nitrogens with zero attached hydrogens (tertiary/aromatic N) is 2. The number of sulfonamides is 1. The van der Waals surface area contributed by atoms with Gasteiger partial charge < -0.3 is 0 Å². The number of nitro groups is 1. The van der Waals surface area contributed by atoms with Crippen LogP contribution in [0.3, 0.4) is 0 Å². The molecule has 1 rings (SSSR count). The monoisotopic (exact) mass is 277 g/mol. The van der Waals surface area contributed by atoms with E-state index in [1.807, 2.05) is 4.72 Å². The van der Waals surface area contributed by atoms with E-state index in [9.17, 15) is 18.5 Å². The first-order chi connectivity index (χ1) is 7.85. The molecule has 17 heavy (non-hydrogen) atoms. The lowest BCUT2D eigenvalue weighted by molar-refractivity contribution is -0.384. The second kappa shape index (κ2) is 5.11. The Balaban J connectivity index is 3.17. The number of pyridine rings is 1. The third-order valence-corrected chi connectivity index (χ3v) is 3.02. The third-order valence-electron chi connectivity index (χ3n) is 1.63. The average Bonchev–Trinajstić information content (AvgIpc) is 2.15. The fourth-order valence-electron chi connectivity index (χ4n) is 0.995. The van der Waals surface area contributed by atoms with Gasteiger partial charge in [-0.25, -0.2) is 13.4 Å². The van der Waals surface area contributed by atoms with Crippen LogP contribution in [0.4, 0.5) is 11.5 Å². The Morgan fingerprint density at radius 2 is 2.24 bits per heavy atom. The minimum absolute atomic E-state index is 0.0492. The largest absolute Gasteiger partial charge is 0.312 e. The van der Waals surface area contributed by atoms with Crippen molar-refractivity contribution in [3.8, 4) is 0 Å². The Kier molecular flexibility index (Phi) is 4.02. The van der Waals surface area contributed by atoms with Gasteiger partial charge in [0.1, 0.15) is 5.15 Å². The summed E-state index contributed by atoms with van der Waals surface area (Å²) >= 11 is 5.54. The van der Waals surface area contributed by atoms with Gasteiger partial charge in [0.25, 0.3) is 0 Å². The molecule has 0 aliphatic heterocycles. The number of hydrogen-bond donors (Lipinski definition) is 1. The lowest BCUT2D eigenvalue weighted by Crippen LogP contribution is -2.17. The first-order valence-corrected chi connectivity index (χ1v) is 6.31. The molecule has 0 atom stereocenters. The van der Waals surface area contributed by atoms with Crippen molar-refractivity contribution in [3.63, 3.8) is 0 Å². The summed E-state index contributed by atoms with van der Waals surface area (Å²) in [5.41, 5.74) is -0.470. The first-order valence-electron chi connectivity index (χ1n) is 4.28. The minimum Gasteiger partial charge on any atom is -0.261 e. The summed E-state index contributed by atoms with van der Waals surface area (Å²) in [6, 6.07) is 2.27. The first kappa shape index (κ1) is 13.4. The maximum atomic E-state index is 11.4. The SMILES string of the molecule is C=CCS(=O)(=O)Nc1nc(Cl)ccc1[N+](=O)[O-]. The summed E-state index contributed by atoms with van der Waals surface area (Å²) in [6.45, 7) is 3.26. The number of hydrogen-bond acceptors (Lipinski definition) is 5. The molecule has 1 aromatic rings. The summed E-state index contributed by atoms with van der Waals surface area (Å²) < 4.78 is 24.8. The zero-order valence-electron chi connectivity index (χ0n) is 8.46. The van der Waals surface area contributed by atoms with Crippen LogP contribution >= 0.6 is 11.6 Å². The summed E-state index contributed by atoms with van der Waals surface area (Å²) in [6.07, 6.45) is 1.15. The molecular formula is C8H8ClN3O4S. The van der Waals surface area contributed by atoms with Crippen molar-refractivity contribution >= 4 is 33.1 Å². The molecule has 7 nitrogen and oxygen atoms in total. The molecule has 0 fully saturated rings. The van der Waals surface area contributed by atoms with E-state index in [2.05, 4.69) is 11.6 Å². The molecule has 0 aromatic carbocycles. The lowest BCUT2D eigenvalue weighted by Gasteiger charge is -2.05. The number of aromatic nitrogens is 1. The highest BCUT2D eigenvalue weighted by molar-refractivity contribution is 7.92. The van der Waals surface area contributed by atoms with Crippen molar-refractivity contribution in [1.82, 2.24) is 4.98 Å². The van der Waals surface area contributed by atoms with Crippen LogP contribution in [0.5, 0.6) is 0 Å². The molecule has 9 heteroatoms. The quantitative estimate of drug-likeness (QED) is 0.381. The highest BCUT2D eigenvalue weighted by Gasteiger charge is 2.20. The molecule has 1 N–H and O–H groups in total. The van der Waals surface area contributed by atoms with E-state index >= 15 is 0 Å². The summed E-state index contributed by atoms with van der Waals surface area (Å²) in [7, 11) is -3.75. The van der Waals surface area contributed by atoms with Crippen molar-refractivity contribution in [2.45, 2.75) is 0 Å². The molecule has 1 aromatic heterocycles. The van der Waals surface area contributed by atoms with Crippen molar-refractivity contribution in [2.24, 2.45) is 0 Å². The zero-order valence-corrected chi connectivity index (χ0v) is 10.0. The van der Waals surface area contributed by atoms with Crippen LogP contribution in [0.1, 0.15) is 0 Å². The molecule has 0 amide bonds. The summed E-state index contributed by atoms with van der Waals surface area (Å²) in [5.74, 6) is -0.789. The van der Waals surface area contributed by atoms with Gasteiger partial charge in [-0.2, -0.15) is 0 Å². The highest BCUT2D eigenvalue weighted by atomic mass is 35.5. The van der Waals surface area contributed by atoms with Crippen molar-refractivity contribution in [3.05, 3.63) is 40.1 Å². The maximum Gasteiger partial charge on any atom is 0.312 e. The predicted molar refractivity (Wildman–Crippen MR) is 63.5 cm³/mol. The van der Waals surface area contributed by atoms with Crippen LogP contribution in [0.2, 0.25) is 5.15 Å². The van der Waals surface area contributed by atoms with E-state index in [1.165, 1.54) is 6.07 Å². The molecular weight excluding hydrogens is 270 g/mol. The number of anilines is 1. The predicted octanol–water partition coefficient (Wildman–Crippen LogP) is 1.57. The Bertz CT molecular complexity index is 558. The highest BCUT2D eigenvalue weighted by Crippen LogP contribution is 2.24. The molecule has 0 bridgehead atoms. The normalized spacial score (nSPS) is 10.9. The fraction of sp³-hybridized carbons (Fsp3) is 0.125. The third kappa shape index (κ3) is 3.68. The molecule has 0 aliphatic rings. The summed E-state index contributed by atoms with van der Waals surface area (Å²) in [4.78, 5) is 13.5. The van der Waals surface area contributed by atoms with Crippen LogP contribution in [-0.2, 0) is 10.0 Å². The van der Waals surface area contributed by atoms with Gasteiger partial charge >= 0.3 is 5.69 Å². The van der Waals surface area contributed by atoms with E-state index in [4.69, 9.17) is 11.6 Å². The van der Waals surface area contributed by atoms with Gasteiger partial charge in [-0.1, -0.05) is 17.7 Å². The summed E-state index contributed by atoms with van der Waals surface area (Å²) in [5, 5.41) is 10.6. The van der Waals surface area contributed by atoms with Gasteiger partial charge in [0.2, 0.25) is 15.8 Å². The van der Waals surface area contributed by atoms with Crippen molar-refractivity contribution in [1.29, 1.82) is 0 Å². The molecule has 0 radical (unpaired) electrons. The van der Waals surface area contributed by atoms with Gasteiger partial charge in [0, 0.05) is 6.07 Å². The van der Waals surface area contributed by atoms with Crippen molar-refractivity contribution in [2.75, 3.05) is 10.5 Å². The Morgan fingerprint density at radius 1 is 1.59 bits per heavy atom. The van der Waals surface area contributed by atoms with Gasteiger partial charge in [0.15, 0.2) is 0 Å². The van der Waals surface area contributed by atoms with Crippen LogP contribution in [0, 0.1) is 10.1 Å². The second-order valence-electron chi connectivity index (χ2n) is 2.93. The second-order valence-corrected chi connectivity index (χ2v) is 5.09. The van der Waals surface area contributed by atoms with Crippen LogP contribution < -0.4 is 4.72 Å². The van der Waals surface area contributed by atoms with E-state index < -0.39 is 26.5 Å². The molecule has 0 spiro atoms. The zero-order chi connectivity index (χ0) is 13.1. The lowest BCUT2D eigenvalue weighted by atomic mass is 10.4. The molecule has 92 valence electrons.